The van der Waals surface area contributed by atoms with E-state index in [9.17, 15) is 4.79 Å². The zero-order valence-electron chi connectivity index (χ0n) is 9.49. The predicted octanol–water partition coefficient (Wildman–Crippen LogP) is 2.25. The third kappa shape index (κ3) is 3.79. The summed E-state index contributed by atoms with van der Waals surface area (Å²) in [7, 11) is 0. The summed E-state index contributed by atoms with van der Waals surface area (Å²) in [6, 6.07) is 7.87. The van der Waals surface area contributed by atoms with Crippen molar-refractivity contribution in [3.05, 3.63) is 29.8 Å². The fraction of sp³-hybridized carbons (Fsp3) is 0.417. The number of nitrogens with one attached hydrogen (secondary N) is 1. The number of hydrogen-bond acceptors (Lipinski definition) is 3. The maximum Gasteiger partial charge on any atom is 0.173 e. The minimum Gasteiger partial charge on any atom is -0.369 e. The molecule has 17 heavy (non-hydrogen) atoms. The van der Waals surface area contributed by atoms with E-state index in [1.54, 1.807) is 0 Å². The summed E-state index contributed by atoms with van der Waals surface area (Å²) >= 11 is 3.18. The maximum atomic E-state index is 11.4. The number of ketones is 1. The highest BCUT2D eigenvalue weighted by Gasteiger charge is 2.10. The molecule has 94 valence electrons. The largest absolute Gasteiger partial charge is 0.369 e. The summed E-state index contributed by atoms with van der Waals surface area (Å²) in [5, 5.41) is 3.71. The van der Waals surface area contributed by atoms with Crippen LogP contribution in [0.25, 0.3) is 0 Å². The van der Waals surface area contributed by atoms with Crippen LogP contribution in [0, 0.1) is 0 Å². The first-order chi connectivity index (χ1) is 7.81. The van der Waals surface area contributed by atoms with Crippen LogP contribution < -0.4 is 10.2 Å². The van der Waals surface area contributed by atoms with Crippen LogP contribution in [0.3, 0.4) is 0 Å². The van der Waals surface area contributed by atoms with Gasteiger partial charge in [0.05, 0.1) is 5.33 Å². The van der Waals surface area contributed by atoms with Crippen molar-refractivity contribution in [2.45, 2.75) is 0 Å². The molecule has 0 saturated carbocycles. The number of rotatable bonds is 3. The van der Waals surface area contributed by atoms with Gasteiger partial charge in [-0.2, -0.15) is 0 Å². The molecule has 1 fully saturated rings. The van der Waals surface area contributed by atoms with Crippen molar-refractivity contribution in [1.29, 1.82) is 0 Å². The maximum absolute atomic E-state index is 11.4. The molecule has 0 unspecified atom stereocenters. The minimum atomic E-state index is 0. The molecule has 0 aromatic heterocycles. The number of anilines is 1. The summed E-state index contributed by atoms with van der Waals surface area (Å²) in [4.78, 5) is 13.8. The standard InChI is InChI=1S/C12H15BrN2O.BrH/c13-9-12(16)10-1-3-11(4-2-10)15-7-5-14-6-8-15;/h1-4,14H,5-9H2;1H. The Kier molecular flexibility index (Phi) is 6.16. The number of alkyl halides is 1. The van der Waals surface area contributed by atoms with Crippen molar-refractivity contribution in [2.75, 3.05) is 36.4 Å². The van der Waals surface area contributed by atoms with Gasteiger partial charge in [-0.3, -0.25) is 4.79 Å². The Balaban J connectivity index is 0.00000144. The van der Waals surface area contributed by atoms with Crippen molar-refractivity contribution in [1.82, 2.24) is 5.32 Å². The van der Waals surface area contributed by atoms with Crippen LogP contribution in [0.4, 0.5) is 5.69 Å². The van der Waals surface area contributed by atoms with Crippen LogP contribution >= 0.6 is 32.9 Å². The molecule has 1 aromatic carbocycles. The van der Waals surface area contributed by atoms with Gasteiger partial charge in [0.2, 0.25) is 0 Å². The summed E-state index contributed by atoms with van der Waals surface area (Å²) in [5.41, 5.74) is 1.98. The van der Waals surface area contributed by atoms with Crippen LogP contribution in [-0.2, 0) is 0 Å². The fourth-order valence-electron chi connectivity index (χ4n) is 1.86. The molecule has 1 aliphatic heterocycles. The van der Waals surface area contributed by atoms with Crippen molar-refractivity contribution < 1.29 is 4.79 Å². The number of Topliss-reactive ketones (excluding diaryl/α,β-unsaturated/α-hetero) is 1. The quantitative estimate of drug-likeness (QED) is 0.660. The van der Waals surface area contributed by atoms with Crippen LogP contribution in [-0.4, -0.2) is 37.3 Å². The molecule has 1 N–H and O–H groups in total. The predicted molar refractivity (Wildman–Crippen MR) is 80.0 cm³/mol. The van der Waals surface area contributed by atoms with Gasteiger partial charge in [-0.1, -0.05) is 15.9 Å². The molecule has 0 atom stereocenters. The van der Waals surface area contributed by atoms with Gasteiger partial charge in [0.15, 0.2) is 5.78 Å². The van der Waals surface area contributed by atoms with Gasteiger partial charge in [0, 0.05) is 37.4 Å². The molecule has 1 aromatic rings. The molecule has 1 heterocycles. The number of hydrogen-bond donors (Lipinski definition) is 1. The van der Waals surface area contributed by atoms with E-state index < -0.39 is 0 Å². The van der Waals surface area contributed by atoms with Crippen LogP contribution in [0.15, 0.2) is 24.3 Å². The molecule has 0 radical (unpaired) electrons. The highest BCUT2D eigenvalue weighted by molar-refractivity contribution is 9.09. The lowest BCUT2D eigenvalue weighted by molar-refractivity contribution is 0.102. The van der Waals surface area contributed by atoms with E-state index in [0.717, 1.165) is 31.7 Å². The lowest BCUT2D eigenvalue weighted by Gasteiger charge is -2.29. The Morgan fingerprint density at radius 3 is 2.35 bits per heavy atom. The lowest BCUT2D eigenvalue weighted by atomic mass is 10.1. The van der Waals surface area contributed by atoms with E-state index in [0.29, 0.717) is 5.33 Å². The highest BCUT2D eigenvalue weighted by Crippen LogP contribution is 2.16. The number of carbonyl (C=O) groups is 1. The lowest BCUT2D eigenvalue weighted by Crippen LogP contribution is -2.43. The third-order valence-corrected chi connectivity index (χ3v) is 3.30. The van der Waals surface area contributed by atoms with E-state index in [1.807, 2.05) is 24.3 Å². The second-order valence-electron chi connectivity index (χ2n) is 3.84. The smallest absolute Gasteiger partial charge is 0.173 e. The Morgan fingerprint density at radius 1 is 1.24 bits per heavy atom. The zero-order chi connectivity index (χ0) is 11.4. The van der Waals surface area contributed by atoms with Gasteiger partial charge >= 0.3 is 0 Å². The van der Waals surface area contributed by atoms with E-state index in [1.165, 1.54) is 5.69 Å². The molecule has 0 amide bonds. The van der Waals surface area contributed by atoms with Crippen molar-refractivity contribution in [3.8, 4) is 0 Å². The summed E-state index contributed by atoms with van der Waals surface area (Å²) < 4.78 is 0. The zero-order valence-corrected chi connectivity index (χ0v) is 12.8. The molecule has 3 nitrogen and oxygen atoms in total. The molecule has 1 aliphatic rings. The first-order valence-electron chi connectivity index (χ1n) is 5.46. The molecule has 5 heteroatoms. The second-order valence-corrected chi connectivity index (χ2v) is 4.40. The Bertz CT molecular complexity index is 361. The average molecular weight is 364 g/mol. The highest BCUT2D eigenvalue weighted by atomic mass is 79.9. The molecule has 0 aliphatic carbocycles. The van der Waals surface area contributed by atoms with E-state index in [-0.39, 0.29) is 22.8 Å². The Labute approximate surface area is 120 Å². The van der Waals surface area contributed by atoms with Crippen LogP contribution in [0.5, 0.6) is 0 Å². The monoisotopic (exact) mass is 362 g/mol. The summed E-state index contributed by atoms with van der Waals surface area (Å²) in [6.07, 6.45) is 0. The van der Waals surface area contributed by atoms with Gasteiger partial charge in [-0.05, 0) is 24.3 Å². The molecule has 1 saturated heterocycles. The van der Waals surface area contributed by atoms with E-state index >= 15 is 0 Å². The number of halogens is 2. The Morgan fingerprint density at radius 2 is 1.82 bits per heavy atom. The summed E-state index contributed by atoms with van der Waals surface area (Å²) in [5.74, 6) is 0.131. The molecule has 2 rings (SSSR count). The molecule has 0 bridgehead atoms. The number of benzene rings is 1. The van der Waals surface area contributed by atoms with Gasteiger partial charge in [-0.15, -0.1) is 17.0 Å². The molecular formula is C12H16Br2N2O. The molecule has 0 spiro atoms. The topological polar surface area (TPSA) is 32.3 Å². The minimum absolute atomic E-state index is 0. The Hall–Kier alpha value is -0.390. The van der Waals surface area contributed by atoms with Crippen molar-refractivity contribution in [3.63, 3.8) is 0 Å². The molecular weight excluding hydrogens is 348 g/mol. The van der Waals surface area contributed by atoms with Crippen molar-refractivity contribution in [2.24, 2.45) is 0 Å². The van der Waals surface area contributed by atoms with E-state index in [2.05, 4.69) is 26.1 Å². The number of nitrogens with zero attached hydrogens (tertiary/aromatic N) is 1. The normalized spacial score (nSPS) is 15.2. The van der Waals surface area contributed by atoms with Crippen LogP contribution in [0.1, 0.15) is 10.4 Å². The summed E-state index contributed by atoms with van der Waals surface area (Å²) in [6.45, 7) is 4.13. The number of piperazine rings is 1. The fourth-order valence-corrected chi connectivity index (χ4v) is 2.18. The average Bonchev–Trinajstić information content (AvgIpc) is 2.39. The second kappa shape index (κ2) is 7.13. The first kappa shape index (κ1) is 14.7. The van der Waals surface area contributed by atoms with Crippen molar-refractivity contribution >= 4 is 44.4 Å². The first-order valence-corrected chi connectivity index (χ1v) is 6.58. The third-order valence-electron chi connectivity index (χ3n) is 2.79. The van der Waals surface area contributed by atoms with Gasteiger partial charge in [0.1, 0.15) is 0 Å². The van der Waals surface area contributed by atoms with Gasteiger partial charge < -0.3 is 10.2 Å². The van der Waals surface area contributed by atoms with E-state index in [4.69, 9.17) is 0 Å². The van der Waals surface area contributed by atoms with Gasteiger partial charge in [-0.25, -0.2) is 0 Å². The van der Waals surface area contributed by atoms with Gasteiger partial charge in [0.25, 0.3) is 0 Å². The van der Waals surface area contributed by atoms with Crippen LogP contribution in [0.2, 0.25) is 0 Å². The number of carbonyl (C=O) groups excluding carboxylic acids is 1. The SMILES string of the molecule is Br.O=C(CBr)c1ccc(N2CCNCC2)cc1.